The van der Waals surface area contributed by atoms with E-state index >= 15 is 0 Å². The molecule has 0 bridgehead atoms. The molecule has 0 saturated heterocycles. The fourth-order valence-electron chi connectivity index (χ4n) is 4.04. The molecule has 4 rings (SSSR count). The topological polar surface area (TPSA) is 119 Å². The van der Waals surface area contributed by atoms with Gasteiger partial charge in [0.05, 0.1) is 18.3 Å². The molecule has 0 spiro atoms. The van der Waals surface area contributed by atoms with Crippen molar-refractivity contribution in [2.24, 2.45) is 0 Å². The second-order valence-corrected chi connectivity index (χ2v) is 9.45. The zero-order chi connectivity index (χ0) is 23.0. The van der Waals surface area contributed by atoms with Gasteiger partial charge in [-0.05, 0) is 41.5 Å². The number of nitrogens with one attached hydrogen (secondary N) is 1. The summed E-state index contributed by atoms with van der Waals surface area (Å²) in [7, 11) is -2.64. The summed E-state index contributed by atoms with van der Waals surface area (Å²) in [6.07, 6.45) is 2.81. The lowest BCUT2D eigenvalue weighted by Gasteiger charge is -2.23. The van der Waals surface area contributed by atoms with E-state index in [1.54, 1.807) is 0 Å². The van der Waals surface area contributed by atoms with Crippen molar-refractivity contribution in [2.45, 2.75) is 12.8 Å². The SMILES string of the molecule is COc1ccc([N+](=O)[O-])cc1N(CC(=O)Nc1ccc2c3c(cccc13)CC2)S(C)(=O)=O. The van der Waals surface area contributed by atoms with E-state index in [0.717, 1.165) is 40.2 Å². The van der Waals surface area contributed by atoms with Crippen LogP contribution >= 0.6 is 0 Å². The molecule has 3 aromatic rings. The maximum Gasteiger partial charge on any atom is 0.271 e. The number of non-ortho nitro benzene ring substituents is 1. The highest BCUT2D eigenvalue weighted by molar-refractivity contribution is 7.92. The van der Waals surface area contributed by atoms with E-state index in [2.05, 4.69) is 11.4 Å². The monoisotopic (exact) mass is 455 g/mol. The number of aryl methyl sites for hydroxylation is 2. The fourth-order valence-corrected chi connectivity index (χ4v) is 4.90. The fraction of sp³-hybridized carbons (Fsp3) is 0.227. The van der Waals surface area contributed by atoms with Gasteiger partial charge in [0.1, 0.15) is 18.0 Å². The Balaban J connectivity index is 1.68. The van der Waals surface area contributed by atoms with Crippen molar-refractivity contribution >= 4 is 43.8 Å². The van der Waals surface area contributed by atoms with Crippen molar-refractivity contribution in [3.8, 4) is 5.75 Å². The van der Waals surface area contributed by atoms with Crippen LogP contribution in [0.25, 0.3) is 10.8 Å². The lowest BCUT2D eigenvalue weighted by atomic mass is 10.0. The van der Waals surface area contributed by atoms with Gasteiger partial charge in [0, 0.05) is 23.2 Å². The molecule has 9 nitrogen and oxygen atoms in total. The van der Waals surface area contributed by atoms with Crippen LogP contribution < -0.4 is 14.4 Å². The number of nitro benzene ring substituents is 1. The second-order valence-electron chi connectivity index (χ2n) is 7.54. The van der Waals surface area contributed by atoms with Gasteiger partial charge in [0.15, 0.2) is 0 Å². The maximum atomic E-state index is 12.9. The van der Waals surface area contributed by atoms with Crippen LogP contribution in [-0.2, 0) is 27.7 Å². The summed E-state index contributed by atoms with van der Waals surface area (Å²) in [6.45, 7) is -0.570. The van der Waals surface area contributed by atoms with Crippen LogP contribution in [0, 0.1) is 10.1 Å². The second kappa shape index (κ2) is 8.12. The normalized spacial score (nSPS) is 12.6. The van der Waals surface area contributed by atoms with Crippen LogP contribution in [0.3, 0.4) is 0 Å². The molecule has 3 aromatic carbocycles. The molecule has 1 N–H and O–H groups in total. The zero-order valence-corrected chi connectivity index (χ0v) is 18.3. The number of methoxy groups -OCH3 is 1. The summed E-state index contributed by atoms with van der Waals surface area (Å²) in [6, 6.07) is 13.3. The Morgan fingerprint density at radius 2 is 1.88 bits per heavy atom. The van der Waals surface area contributed by atoms with E-state index in [0.29, 0.717) is 5.69 Å². The Morgan fingerprint density at radius 1 is 1.16 bits per heavy atom. The summed E-state index contributed by atoms with van der Waals surface area (Å²) in [5, 5.41) is 16.0. The molecule has 0 unspecified atom stereocenters. The smallest absolute Gasteiger partial charge is 0.271 e. The van der Waals surface area contributed by atoms with Gasteiger partial charge in [-0.3, -0.25) is 19.2 Å². The number of benzene rings is 3. The molecule has 0 aromatic heterocycles. The summed E-state index contributed by atoms with van der Waals surface area (Å²) in [4.78, 5) is 23.4. The number of amides is 1. The number of carbonyl (C=O) groups is 1. The van der Waals surface area contributed by atoms with Gasteiger partial charge in [0.25, 0.3) is 5.69 Å². The molecule has 0 radical (unpaired) electrons. The molecule has 0 aliphatic heterocycles. The predicted molar refractivity (Wildman–Crippen MR) is 122 cm³/mol. The number of ether oxygens (including phenoxy) is 1. The number of hydrogen-bond acceptors (Lipinski definition) is 6. The quantitative estimate of drug-likeness (QED) is 0.431. The lowest BCUT2D eigenvalue weighted by molar-refractivity contribution is -0.384. The first-order chi connectivity index (χ1) is 15.2. The third-order valence-electron chi connectivity index (χ3n) is 5.48. The van der Waals surface area contributed by atoms with Crippen molar-refractivity contribution < 1.29 is 22.9 Å². The zero-order valence-electron chi connectivity index (χ0n) is 17.5. The van der Waals surface area contributed by atoms with Crippen molar-refractivity contribution in [2.75, 3.05) is 29.5 Å². The lowest BCUT2D eigenvalue weighted by Crippen LogP contribution is -2.37. The molecular formula is C22H21N3O6S. The molecule has 1 aliphatic carbocycles. The Labute approximate surface area is 184 Å². The van der Waals surface area contributed by atoms with E-state index in [9.17, 15) is 23.3 Å². The highest BCUT2D eigenvalue weighted by Gasteiger charge is 2.27. The molecular weight excluding hydrogens is 434 g/mol. The van der Waals surface area contributed by atoms with Crippen molar-refractivity contribution in [1.29, 1.82) is 0 Å². The highest BCUT2D eigenvalue weighted by atomic mass is 32.2. The Hall–Kier alpha value is -3.66. The average molecular weight is 455 g/mol. The van der Waals surface area contributed by atoms with Crippen LogP contribution in [0.4, 0.5) is 17.1 Å². The first-order valence-corrected chi connectivity index (χ1v) is 11.7. The largest absolute Gasteiger partial charge is 0.495 e. The maximum absolute atomic E-state index is 12.9. The Bertz CT molecular complexity index is 1340. The molecule has 166 valence electrons. The van der Waals surface area contributed by atoms with Crippen LogP contribution in [0.1, 0.15) is 11.1 Å². The van der Waals surface area contributed by atoms with E-state index in [4.69, 9.17) is 4.74 Å². The molecule has 0 atom stereocenters. The minimum atomic E-state index is -3.96. The predicted octanol–water partition coefficient (Wildman–Crippen LogP) is 3.26. The number of hydrogen-bond donors (Lipinski definition) is 1. The van der Waals surface area contributed by atoms with Gasteiger partial charge in [-0.2, -0.15) is 0 Å². The molecule has 32 heavy (non-hydrogen) atoms. The summed E-state index contributed by atoms with van der Waals surface area (Å²) in [5.74, 6) is -0.484. The summed E-state index contributed by atoms with van der Waals surface area (Å²) >= 11 is 0. The van der Waals surface area contributed by atoms with Crippen LogP contribution in [0.5, 0.6) is 5.75 Å². The Kier molecular flexibility index (Phi) is 5.47. The molecule has 0 fully saturated rings. The van der Waals surface area contributed by atoms with Gasteiger partial charge >= 0.3 is 0 Å². The molecule has 1 aliphatic rings. The molecule has 0 saturated carbocycles. The third kappa shape index (κ3) is 3.96. The highest BCUT2D eigenvalue weighted by Crippen LogP contribution is 2.36. The number of sulfonamides is 1. The standard InChI is InChI=1S/C22H21N3O6S/c1-31-20-11-9-16(25(27)28)12-19(20)24(32(2,29)30)13-21(26)23-18-10-8-15-7-6-14-4-3-5-17(18)22(14)15/h3-5,8-12H,6-7,13H2,1-2H3,(H,23,26). The third-order valence-corrected chi connectivity index (χ3v) is 6.61. The van der Waals surface area contributed by atoms with Crippen LogP contribution in [0.15, 0.2) is 48.5 Å². The Morgan fingerprint density at radius 3 is 2.53 bits per heavy atom. The van der Waals surface area contributed by atoms with E-state index in [-0.39, 0.29) is 17.1 Å². The van der Waals surface area contributed by atoms with Gasteiger partial charge in [-0.15, -0.1) is 0 Å². The van der Waals surface area contributed by atoms with Crippen molar-refractivity contribution in [1.82, 2.24) is 0 Å². The van der Waals surface area contributed by atoms with Gasteiger partial charge < -0.3 is 10.1 Å². The van der Waals surface area contributed by atoms with Crippen LogP contribution in [0.2, 0.25) is 0 Å². The summed E-state index contributed by atoms with van der Waals surface area (Å²) < 4.78 is 31.0. The van der Waals surface area contributed by atoms with Gasteiger partial charge in [0.2, 0.25) is 15.9 Å². The van der Waals surface area contributed by atoms with E-state index < -0.39 is 27.4 Å². The number of nitro groups is 1. The van der Waals surface area contributed by atoms with Crippen LogP contribution in [-0.4, -0.2) is 39.2 Å². The molecule has 10 heteroatoms. The minimum absolute atomic E-state index is 0.0836. The summed E-state index contributed by atoms with van der Waals surface area (Å²) in [5.41, 5.74) is 2.61. The number of anilines is 2. The van der Waals surface area contributed by atoms with Crippen molar-refractivity contribution in [3.05, 3.63) is 69.8 Å². The first-order valence-electron chi connectivity index (χ1n) is 9.82. The number of nitrogens with zero attached hydrogens (tertiary/aromatic N) is 2. The van der Waals surface area contributed by atoms with E-state index in [1.807, 2.05) is 24.3 Å². The number of rotatable bonds is 7. The first kappa shape index (κ1) is 21.6. The van der Waals surface area contributed by atoms with Crippen molar-refractivity contribution in [3.63, 3.8) is 0 Å². The molecule has 1 amide bonds. The molecule has 0 heterocycles. The minimum Gasteiger partial charge on any atom is -0.495 e. The average Bonchev–Trinajstić information content (AvgIpc) is 3.17. The van der Waals surface area contributed by atoms with Gasteiger partial charge in [-0.1, -0.05) is 24.3 Å². The van der Waals surface area contributed by atoms with E-state index in [1.165, 1.54) is 30.4 Å². The number of carbonyl (C=O) groups excluding carboxylic acids is 1. The van der Waals surface area contributed by atoms with Gasteiger partial charge in [-0.25, -0.2) is 8.42 Å².